The lowest BCUT2D eigenvalue weighted by atomic mass is 10.1. The van der Waals surface area contributed by atoms with E-state index in [1.807, 2.05) is 32.0 Å². The van der Waals surface area contributed by atoms with E-state index in [0.717, 1.165) is 28.8 Å². The van der Waals surface area contributed by atoms with Crippen LogP contribution in [0.15, 0.2) is 77.4 Å². The average molecular weight is 501 g/mol. The zero-order valence-corrected chi connectivity index (χ0v) is 20.0. The van der Waals surface area contributed by atoms with Crippen molar-refractivity contribution in [3.8, 4) is 22.6 Å². The first-order chi connectivity index (χ1) is 17.7. The molecule has 37 heavy (non-hydrogen) atoms. The summed E-state index contributed by atoms with van der Waals surface area (Å²) in [6, 6.07) is 18.1. The van der Waals surface area contributed by atoms with Gasteiger partial charge in [-0.1, -0.05) is 35.9 Å². The second kappa shape index (κ2) is 10.6. The van der Waals surface area contributed by atoms with Crippen LogP contribution in [-0.2, 0) is 6.61 Å². The van der Waals surface area contributed by atoms with Crippen molar-refractivity contribution >= 4 is 17.5 Å². The number of phenolic OH excluding ortho intramolecular Hbond substituents is 1. The van der Waals surface area contributed by atoms with Crippen molar-refractivity contribution in [1.29, 1.82) is 0 Å². The van der Waals surface area contributed by atoms with Crippen molar-refractivity contribution < 1.29 is 28.8 Å². The van der Waals surface area contributed by atoms with Crippen LogP contribution in [0.25, 0.3) is 11.1 Å². The number of aromatic hydroxyl groups is 1. The molecule has 4 aromatic rings. The van der Waals surface area contributed by atoms with E-state index in [9.17, 15) is 24.8 Å². The number of ether oxygens (including phenoxy) is 1. The number of nitrogens with one attached hydrogen (secondary N) is 2. The number of carbonyl (C=O) groups excluding carboxylic acids is 2. The number of furan rings is 1. The highest BCUT2D eigenvalue weighted by atomic mass is 16.6. The molecule has 0 spiro atoms. The van der Waals surface area contributed by atoms with Gasteiger partial charge in [0.05, 0.1) is 11.2 Å². The van der Waals surface area contributed by atoms with Gasteiger partial charge < -0.3 is 14.3 Å². The number of hydrogen-bond acceptors (Lipinski definition) is 7. The molecule has 0 aliphatic rings. The average Bonchev–Trinajstić information content (AvgIpc) is 3.38. The zero-order chi connectivity index (χ0) is 26.5. The molecule has 1 aromatic heterocycles. The van der Waals surface area contributed by atoms with Gasteiger partial charge >= 0.3 is 11.6 Å². The van der Waals surface area contributed by atoms with Gasteiger partial charge in [-0.2, -0.15) is 0 Å². The maximum absolute atomic E-state index is 12.7. The Morgan fingerprint density at radius 3 is 2.57 bits per heavy atom. The third-order valence-electron chi connectivity index (χ3n) is 5.64. The van der Waals surface area contributed by atoms with E-state index >= 15 is 0 Å². The molecule has 0 aliphatic heterocycles. The number of nitro groups is 1. The number of rotatable bonds is 7. The number of benzene rings is 3. The largest absolute Gasteiger partial charge is 0.502 e. The van der Waals surface area contributed by atoms with Gasteiger partial charge in [0.25, 0.3) is 5.91 Å². The van der Waals surface area contributed by atoms with Gasteiger partial charge in [0, 0.05) is 17.2 Å². The van der Waals surface area contributed by atoms with E-state index in [4.69, 9.17) is 9.15 Å². The van der Waals surface area contributed by atoms with Gasteiger partial charge in [0.15, 0.2) is 5.75 Å². The van der Waals surface area contributed by atoms with E-state index in [1.54, 1.807) is 24.3 Å². The van der Waals surface area contributed by atoms with E-state index in [0.29, 0.717) is 23.5 Å². The van der Waals surface area contributed by atoms with Crippen molar-refractivity contribution in [2.45, 2.75) is 20.5 Å². The highest BCUT2D eigenvalue weighted by Crippen LogP contribution is 2.29. The summed E-state index contributed by atoms with van der Waals surface area (Å²) in [5.41, 5.74) is 8.14. The minimum Gasteiger partial charge on any atom is -0.502 e. The molecule has 3 N–H and O–H groups in total. The lowest BCUT2D eigenvalue weighted by Gasteiger charge is -2.11. The van der Waals surface area contributed by atoms with Crippen LogP contribution in [0.2, 0.25) is 0 Å². The fourth-order valence-electron chi connectivity index (χ4n) is 3.64. The Hall–Kier alpha value is -5.12. The molecule has 10 nitrogen and oxygen atoms in total. The second-order valence-corrected chi connectivity index (χ2v) is 8.28. The Morgan fingerprint density at radius 1 is 1.00 bits per heavy atom. The summed E-state index contributed by atoms with van der Waals surface area (Å²) in [6.07, 6.45) is 1.35. The van der Waals surface area contributed by atoms with Gasteiger partial charge in [-0.3, -0.25) is 30.6 Å². The number of nitro benzene ring substituents is 1. The molecule has 0 saturated heterocycles. The number of nitrogens with zero attached hydrogens (tertiary/aromatic N) is 1. The number of carbonyl (C=O) groups is 2. The van der Waals surface area contributed by atoms with Gasteiger partial charge in [0.2, 0.25) is 5.76 Å². The number of hydrazine groups is 1. The molecule has 1 heterocycles. The summed E-state index contributed by atoms with van der Waals surface area (Å²) in [5, 5.41) is 20.5. The lowest BCUT2D eigenvalue weighted by molar-refractivity contribution is -0.385. The number of hydrogen-bond donors (Lipinski definition) is 3. The van der Waals surface area contributed by atoms with Crippen molar-refractivity contribution in [3.63, 3.8) is 0 Å². The second-order valence-electron chi connectivity index (χ2n) is 8.28. The standard InChI is InChI=1S/C27H23N3O7/c1-16-6-7-17(2)20(12-16)15-37-21-5-3-4-18(13-21)22-10-11-36-25(22)27(33)29-28-26(32)19-8-9-24(31)23(14-19)30(34)35/h3-14,31H,15H2,1-2H3,(H,28,32)(H,29,33). The Labute approximate surface area is 211 Å². The van der Waals surface area contributed by atoms with Crippen LogP contribution in [0, 0.1) is 24.0 Å². The van der Waals surface area contributed by atoms with Gasteiger partial charge in [-0.25, -0.2) is 0 Å². The summed E-state index contributed by atoms with van der Waals surface area (Å²) >= 11 is 0. The van der Waals surface area contributed by atoms with Crippen LogP contribution in [0.3, 0.4) is 0 Å². The molecule has 3 aromatic carbocycles. The summed E-state index contributed by atoms with van der Waals surface area (Å²) in [5.74, 6) is -1.57. The van der Waals surface area contributed by atoms with Crippen LogP contribution < -0.4 is 15.6 Å². The molecular formula is C27H23N3O7. The third kappa shape index (κ3) is 5.76. The molecule has 0 bridgehead atoms. The predicted octanol–water partition coefficient (Wildman–Crippen LogP) is 4.83. The number of phenols is 1. The fraction of sp³-hybridized carbons (Fsp3) is 0.111. The van der Waals surface area contributed by atoms with Crippen molar-refractivity contribution in [2.75, 3.05) is 0 Å². The summed E-state index contributed by atoms with van der Waals surface area (Å²) in [4.78, 5) is 35.3. The molecule has 2 amide bonds. The zero-order valence-electron chi connectivity index (χ0n) is 20.0. The number of amides is 2. The highest BCUT2D eigenvalue weighted by molar-refractivity contribution is 6.01. The Morgan fingerprint density at radius 2 is 1.78 bits per heavy atom. The van der Waals surface area contributed by atoms with Crippen LogP contribution in [0.5, 0.6) is 11.5 Å². The molecule has 0 fully saturated rings. The predicted molar refractivity (Wildman–Crippen MR) is 134 cm³/mol. The third-order valence-corrected chi connectivity index (χ3v) is 5.64. The minimum absolute atomic E-state index is 0.0522. The smallest absolute Gasteiger partial charge is 0.311 e. The van der Waals surface area contributed by atoms with Crippen molar-refractivity contribution in [2.24, 2.45) is 0 Å². The quantitative estimate of drug-likeness (QED) is 0.243. The first kappa shape index (κ1) is 25.0. The lowest BCUT2D eigenvalue weighted by Crippen LogP contribution is -2.41. The number of aryl methyl sites for hydroxylation is 2. The molecule has 0 unspecified atom stereocenters. The van der Waals surface area contributed by atoms with Crippen LogP contribution in [-0.4, -0.2) is 21.8 Å². The molecule has 10 heteroatoms. The monoisotopic (exact) mass is 501 g/mol. The van der Waals surface area contributed by atoms with Crippen LogP contribution >= 0.6 is 0 Å². The molecule has 0 aliphatic carbocycles. The Bertz CT molecular complexity index is 1490. The van der Waals surface area contributed by atoms with Crippen molar-refractivity contribution in [1.82, 2.24) is 10.9 Å². The van der Waals surface area contributed by atoms with E-state index < -0.39 is 28.2 Å². The van der Waals surface area contributed by atoms with E-state index in [-0.39, 0.29) is 11.3 Å². The van der Waals surface area contributed by atoms with Gasteiger partial charge in [-0.15, -0.1) is 0 Å². The SMILES string of the molecule is Cc1ccc(C)c(COc2cccc(-c3ccoc3C(=O)NNC(=O)c3ccc(O)c([N+](=O)[O-])c3)c2)c1. The van der Waals surface area contributed by atoms with Crippen molar-refractivity contribution in [3.05, 3.63) is 111 Å². The summed E-state index contributed by atoms with van der Waals surface area (Å²) < 4.78 is 11.3. The maximum atomic E-state index is 12.7. The molecular weight excluding hydrogens is 478 g/mol. The Balaban J connectivity index is 1.44. The summed E-state index contributed by atoms with van der Waals surface area (Å²) in [6.45, 7) is 4.43. The molecule has 0 radical (unpaired) electrons. The van der Waals surface area contributed by atoms with Crippen LogP contribution in [0.1, 0.15) is 37.6 Å². The maximum Gasteiger partial charge on any atom is 0.311 e. The first-order valence-electron chi connectivity index (χ1n) is 11.2. The molecule has 0 saturated carbocycles. The van der Waals surface area contributed by atoms with Gasteiger partial charge in [-0.05, 0) is 60.9 Å². The van der Waals surface area contributed by atoms with E-state index in [2.05, 4.69) is 16.9 Å². The Kier molecular flexibility index (Phi) is 7.19. The highest BCUT2D eigenvalue weighted by Gasteiger charge is 2.20. The van der Waals surface area contributed by atoms with Gasteiger partial charge in [0.1, 0.15) is 12.4 Å². The van der Waals surface area contributed by atoms with E-state index in [1.165, 1.54) is 12.3 Å². The molecule has 0 atom stereocenters. The molecule has 4 rings (SSSR count). The van der Waals surface area contributed by atoms with Crippen LogP contribution in [0.4, 0.5) is 5.69 Å². The fourth-order valence-corrected chi connectivity index (χ4v) is 3.64. The minimum atomic E-state index is -0.820. The molecule has 188 valence electrons. The summed E-state index contributed by atoms with van der Waals surface area (Å²) in [7, 11) is 0. The topological polar surface area (TPSA) is 144 Å². The normalized spacial score (nSPS) is 10.5. The first-order valence-corrected chi connectivity index (χ1v) is 11.2.